The Morgan fingerprint density at radius 2 is 1.47 bits per heavy atom. The molecule has 0 aliphatic heterocycles. The predicted octanol–water partition coefficient (Wildman–Crippen LogP) is 7.19. The average Bonchev–Trinajstić information content (AvgIpc) is 2.88. The molecule has 0 saturated carbocycles. The Hall–Kier alpha value is -3.90. The molecule has 5 nitrogen and oxygen atoms in total. The standard InChI is InChI=1S/C30H27BrN2O3/c1-20-12-14-24(18-21(20)2)32-29(34)25-10-6-7-11-27(25)33-30(35)26-19-23(31)13-15-28(26)36-17-16-22-8-4-3-5-9-22/h3-15,18-19H,16-17H2,1-2H3,(H,32,34)(H,33,35). The molecule has 0 spiro atoms. The van der Waals surface area contributed by atoms with Gasteiger partial charge in [-0.15, -0.1) is 0 Å². The molecule has 4 aromatic rings. The van der Waals surface area contributed by atoms with Gasteiger partial charge in [-0.2, -0.15) is 0 Å². The minimum absolute atomic E-state index is 0.303. The number of ether oxygens (including phenoxy) is 1. The van der Waals surface area contributed by atoms with Gasteiger partial charge < -0.3 is 15.4 Å². The SMILES string of the molecule is Cc1ccc(NC(=O)c2ccccc2NC(=O)c2cc(Br)ccc2OCCc2ccccc2)cc1C. The minimum atomic E-state index is -0.363. The quantitative estimate of drug-likeness (QED) is 0.247. The zero-order chi connectivity index (χ0) is 25.5. The summed E-state index contributed by atoms with van der Waals surface area (Å²) in [6.07, 6.45) is 0.722. The van der Waals surface area contributed by atoms with E-state index in [1.165, 1.54) is 0 Å². The highest BCUT2D eigenvalue weighted by molar-refractivity contribution is 9.10. The zero-order valence-corrected chi connectivity index (χ0v) is 21.8. The van der Waals surface area contributed by atoms with Crippen molar-refractivity contribution in [2.75, 3.05) is 17.2 Å². The number of para-hydroxylation sites is 1. The third-order valence-corrected chi connectivity index (χ3v) is 6.36. The van der Waals surface area contributed by atoms with Crippen molar-refractivity contribution < 1.29 is 14.3 Å². The molecule has 182 valence electrons. The van der Waals surface area contributed by atoms with Crippen molar-refractivity contribution in [2.45, 2.75) is 20.3 Å². The summed E-state index contributed by atoms with van der Waals surface area (Å²) in [5.41, 5.74) is 5.25. The van der Waals surface area contributed by atoms with Crippen LogP contribution in [0, 0.1) is 13.8 Å². The molecule has 0 heterocycles. The Morgan fingerprint density at radius 3 is 2.25 bits per heavy atom. The molecule has 2 N–H and O–H groups in total. The van der Waals surface area contributed by atoms with Crippen molar-refractivity contribution in [3.05, 3.63) is 123 Å². The fraction of sp³-hybridized carbons (Fsp3) is 0.133. The third-order valence-electron chi connectivity index (χ3n) is 5.86. The fourth-order valence-electron chi connectivity index (χ4n) is 3.73. The Morgan fingerprint density at radius 1 is 0.750 bits per heavy atom. The maximum atomic E-state index is 13.3. The lowest BCUT2D eigenvalue weighted by atomic mass is 10.1. The summed E-state index contributed by atoms with van der Waals surface area (Å²) in [5, 5.41) is 5.81. The van der Waals surface area contributed by atoms with Crippen molar-refractivity contribution in [2.24, 2.45) is 0 Å². The van der Waals surface area contributed by atoms with Crippen molar-refractivity contribution in [3.8, 4) is 5.75 Å². The molecule has 0 bridgehead atoms. The maximum absolute atomic E-state index is 13.3. The molecule has 4 rings (SSSR count). The summed E-state index contributed by atoms with van der Waals surface area (Å²) in [5.74, 6) is -0.191. The zero-order valence-electron chi connectivity index (χ0n) is 20.2. The number of anilines is 2. The Kier molecular flexibility index (Phi) is 8.18. The van der Waals surface area contributed by atoms with Crippen LogP contribution in [0.3, 0.4) is 0 Å². The van der Waals surface area contributed by atoms with Crippen LogP contribution in [0.4, 0.5) is 11.4 Å². The van der Waals surface area contributed by atoms with E-state index in [0.717, 1.165) is 27.6 Å². The first-order valence-electron chi connectivity index (χ1n) is 11.7. The van der Waals surface area contributed by atoms with Gasteiger partial charge in [-0.25, -0.2) is 0 Å². The van der Waals surface area contributed by atoms with E-state index in [4.69, 9.17) is 4.74 Å². The molecule has 0 aliphatic rings. The molecule has 0 aliphatic carbocycles. The van der Waals surface area contributed by atoms with Crippen LogP contribution in [-0.2, 0) is 6.42 Å². The molecule has 0 atom stereocenters. The van der Waals surface area contributed by atoms with Crippen LogP contribution in [-0.4, -0.2) is 18.4 Å². The van der Waals surface area contributed by atoms with Gasteiger partial charge in [-0.3, -0.25) is 9.59 Å². The van der Waals surface area contributed by atoms with Gasteiger partial charge in [0.15, 0.2) is 0 Å². The highest BCUT2D eigenvalue weighted by Crippen LogP contribution is 2.26. The number of amides is 2. The number of rotatable bonds is 8. The van der Waals surface area contributed by atoms with Crippen LogP contribution in [0.2, 0.25) is 0 Å². The Labute approximate surface area is 219 Å². The van der Waals surface area contributed by atoms with E-state index in [1.54, 1.807) is 36.4 Å². The van der Waals surface area contributed by atoms with Gasteiger partial charge in [0.1, 0.15) is 5.75 Å². The highest BCUT2D eigenvalue weighted by atomic mass is 79.9. The summed E-state index contributed by atoms with van der Waals surface area (Å²) in [6.45, 7) is 4.45. The number of aryl methyl sites for hydroxylation is 2. The van der Waals surface area contributed by atoms with E-state index < -0.39 is 0 Å². The van der Waals surface area contributed by atoms with Gasteiger partial charge >= 0.3 is 0 Å². The predicted molar refractivity (Wildman–Crippen MR) is 148 cm³/mol. The second-order valence-corrected chi connectivity index (χ2v) is 9.39. The summed E-state index contributed by atoms with van der Waals surface area (Å²) in [4.78, 5) is 26.3. The third kappa shape index (κ3) is 6.40. The van der Waals surface area contributed by atoms with Crippen LogP contribution in [0.1, 0.15) is 37.4 Å². The van der Waals surface area contributed by atoms with Gasteiger partial charge in [0.05, 0.1) is 23.4 Å². The number of benzene rings is 4. The Balaban J connectivity index is 1.50. The number of nitrogens with one attached hydrogen (secondary N) is 2. The first kappa shape index (κ1) is 25.2. The van der Waals surface area contributed by atoms with Crippen molar-refractivity contribution >= 4 is 39.1 Å². The van der Waals surface area contributed by atoms with Gasteiger partial charge in [-0.1, -0.05) is 64.5 Å². The molecule has 0 unspecified atom stereocenters. The smallest absolute Gasteiger partial charge is 0.259 e. The van der Waals surface area contributed by atoms with Gasteiger partial charge in [0, 0.05) is 16.6 Å². The van der Waals surface area contributed by atoms with E-state index in [0.29, 0.717) is 34.9 Å². The lowest BCUT2D eigenvalue weighted by Gasteiger charge is -2.15. The molecular weight excluding hydrogens is 516 g/mol. The van der Waals surface area contributed by atoms with Crippen LogP contribution in [0.5, 0.6) is 5.75 Å². The van der Waals surface area contributed by atoms with Crippen LogP contribution >= 0.6 is 15.9 Å². The topological polar surface area (TPSA) is 67.4 Å². The summed E-state index contributed by atoms with van der Waals surface area (Å²) in [7, 11) is 0. The number of carbonyl (C=O) groups is 2. The molecule has 0 radical (unpaired) electrons. The highest BCUT2D eigenvalue weighted by Gasteiger charge is 2.18. The number of carbonyl (C=O) groups excluding carboxylic acids is 2. The first-order chi connectivity index (χ1) is 17.4. The van der Waals surface area contributed by atoms with E-state index in [1.807, 2.05) is 68.4 Å². The fourth-order valence-corrected chi connectivity index (χ4v) is 4.09. The monoisotopic (exact) mass is 542 g/mol. The van der Waals surface area contributed by atoms with Crippen molar-refractivity contribution in [1.29, 1.82) is 0 Å². The van der Waals surface area contributed by atoms with Crippen molar-refractivity contribution in [1.82, 2.24) is 0 Å². The molecule has 0 aromatic heterocycles. The van der Waals surface area contributed by atoms with E-state index in [9.17, 15) is 9.59 Å². The summed E-state index contributed by atoms with van der Waals surface area (Å²) >= 11 is 3.44. The van der Waals surface area contributed by atoms with Crippen molar-refractivity contribution in [3.63, 3.8) is 0 Å². The van der Waals surface area contributed by atoms with Crippen LogP contribution in [0.25, 0.3) is 0 Å². The van der Waals surface area contributed by atoms with Gasteiger partial charge in [0.2, 0.25) is 0 Å². The molecule has 0 saturated heterocycles. The second-order valence-electron chi connectivity index (χ2n) is 8.48. The van der Waals surface area contributed by atoms with E-state index in [-0.39, 0.29) is 11.8 Å². The van der Waals surface area contributed by atoms with E-state index >= 15 is 0 Å². The van der Waals surface area contributed by atoms with Crippen LogP contribution < -0.4 is 15.4 Å². The van der Waals surface area contributed by atoms with Crippen LogP contribution in [0.15, 0.2) is 95.5 Å². The maximum Gasteiger partial charge on any atom is 0.259 e. The lowest BCUT2D eigenvalue weighted by Crippen LogP contribution is -2.19. The first-order valence-corrected chi connectivity index (χ1v) is 12.5. The summed E-state index contributed by atoms with van der Waals surface area (Å²) in [6, 6.07) is 28.0. The van der Waals surface area contributed by atoms with Gasteiger partial charge in [0.25, 0.3) is 11.8 Å². The Bertz CT molecular complexity index is 1390. The van der Waals surface area contributed by atoms with Gasteiger partial charge in [-0.05, 0) is 73.0 Å². The molecule has 6 heteroatoms. The molecule has 36 heavy (non-hydrogen) atoms. The largest absolute Gasteiger partial charge is 0.492 e. The normalized spacial score (nSPS) is 10.5. The summed E-state index contributed by atoms with van der Waals surface area (Å²) < 4.78 is 6.73. The molecule has 2 amide bonds. The number of halogens is 1. The van der Waals surface area contributed by atoms with E-state index in [2.05, 4.69) is 26.6 Å². The molecule has 0 fully saturated rings. The minimum Gasteiger partial charge on any atom is -0.492 e. The average molecular weight is 543 g/mol. The number of hydrogen-bond donors (Lipinski definition) is 2. The second kappa shape index (κ2) is 11.7. The number of hydrogen-bond acceptors (Lipinski definition) is 3. The molecule has 4 aromatic carbocycles. The lowest BCUT2D eigenvalue weighted by molar-refractivity contribution is 0.102. The molecular formula is C30H27BrN2O3.